The Balaban J connectivity index is 3.10. The Labute approximate surface area is 76.2 Å². The molecule has 0 N–H and O–H groups in total. The van der Waals surface area contributed by atoms with Gasteiger partial charge in [-0.25, -0.2) is 0 Å². The zero-order valence-corrected chi connectivity index (χ0v) is 8.91. The third-order valence-corrected chi connectivity index (χ3v) is 2.05. The van der Waals surface area contributed by atoms with Crippen molar-refractivity contribution in [1.82, 2.24) is 0 Å². The van der Waals surface area contributed by atoms with Crippen LogP contribution in [0.25, 0.3) is 0 Å². The summed E-state index contributed by atoms with van der Waals surface area (Å²) >= 11 is 0. The molecule has 1 aliphatic heterocycles. The molecule has 0 bridgehead atoms. The molecule has 0 spiro atoms. The molecule has 0 radical (unpaired) electrons. The first-order chi connectivity index (χ1) is 5.61. The van der Waals surface area contributed by atoms with Crippen LogP contribution in [-0.2, 0) is 0 Å². The fraction of sp³-hybridized carbons (Fsp3) is 0.400. The average Bonchev–Trinajstić information content (AvgIpc) is 2.14. The molecule has 0 amide bonds. The second kappa shape index (κ2) is 3.85. The minimum atomic E-state index is 0.470. The summed E-state index contributed by atoms with van der Waals surface area (Å²) in [6, 6.07) is 0. The van der Waals surface area contributed by atoms with Gasteiger partial charge in [-0.05, 0) is 24.2 Å². The maximum absolute atomic E-state index is 4.39. The van der Waals surface area contributed by atoms with Gasteiger partial charge in [0.15, 0.2) is 0 Å². The molecule has 0 saturated carbocycles. The number of rotatable bonds is 1. The third kappa shape index (κ3) is 2.17. The van der Waals surface area contributed by atoms with Crippen LogP contribution < -0.4 is 0 Å². The van der Waals surface area contributed by atoms with Crippen molar-refractivity contribution in [1.29, 1.82) is 0 Å². The maximum atomic E-state index is 4.39. The van der Waals surface area contributed by atoms with Crippen LogP contribution in [0.1, 0.15) is 20.8 Å². The van der Waals surface area contributed by atoms with Gasteiger partial charge < -0.3 is 0 Å². The van der Waals surface area contributed by atoms with Gasteiger partial charge in [-0.15, -0.1) is 15.0 Å². The first-order valence-corrected chi connectivity index (χ1v) is 4.66. The van der Waals surface area contributed by atoms with E-state index in [0.29, 0.717) is 5.92 Å². The van der Waals surface area contributed by atoms with Crippen molar-refractivity contribution in [3.05, 3.63) is 28.9 Å². The molecule has 1 rings (SSSR count). The number of nitrogens with zero attached hydrogens (tertiary/aromatic N) is 1. The van der Waals surface area contributed by atoms with Crippen molar-refractivity contribution >= 4 is 15.0 Å². The van der Waals surface area contributed by atoms with Gasteiger partial charge in [-0.3, -0.25) is 4.99 Å². The van der Waals surface area contributed by atoms with Gasteiger partial charge in [0.1, 0.15) is 0 Å². The minimum absolute atomic E-state index is 0.470. The van der Waals surface area contributed by atoms with E-state index in [9.17, 15) is 0 Å². The van der Waals surface area contributed by atoms with Crippen LogP contribution in [0.15, 0.2) is 33.9 Å². The molecule has 2 heteroatoms. The predicted molar refractivity (Wildman–Crippen MR) is 57.3 cm³/mol. The van der Waals surface area contributed by atoms with Gasteiger partial charge in [0.05, 0.1) is 5.71 Å². The highest BCUT2D eigenvalue weighted by Gasteiger charge is 2.07. The lowest BCUT2D eigenvalue weighted by molar-refractivity contribution is 0.882. The number of allylic oxidation sites excluding steroid dienone is 2. The topological polar surface area (TPSA) is 12.4 Å². The van der Waals surface area contributed by atoms with E-state index in [0.717, 1.165) is 16.6 Å². The highest BCUT2D eigenvalue weighted by atomic mass is 31.0. The number of hydrogen-bond acceptors (Lipinski definition) is 1. The molecule has 0 aromatic rings. The van der Waals surface area contributed by atoms with Crippen LogP contribution in [0, 0.1) is 5.92 Å². The van der Waals surface area contributed by atoms with E-state index in [2.05, 4.69) is 33.8 Å². The zero-order valence-electron chi connectivity index (χ0n) is 7.76. The molecule has 64 valence electrons. The van der Waals surface area contributed by atoms with Crippen molar-refractivity contribution in [2.45, 2.75) is 20.8 Å². The lowest BCUT2D eigenvalue weighted by Crippen LogP contribution is -2.07. The van der Waals surface area contributed by atoms with E-state index >= 15 is 0 Å². The molecule has 1 aliphatic rings. The fourth-order valence-corrected chi connectivity index (χ4v) is 1.28. The Morgan fingerprint density at radius 2 is 2.17 bits per heavy atom. The summed E-state index contributed by atoms with van der Waals surface area (Å²) in [4.78, 5) is 4.39. The van der Waals surface area contributed by atoms with Crippen LogP contribution in [0.3, 0.4) is 0 Å². The molecule has 1 unspecified atom stereocenters. The van der Waals surface area contributed by atoms with E-state index in [-0.39, 0.29) is 0 Å². The first kappa shape index (κ1) is 9.45. The van der Waals surface area contributed by atoms with Crippen LogP contribution in [0.5, 0.6) is 0 Å². The summed E-state index contributed by atoms with van der Waals surface area (Å²) < 4.78 is 0. The van der Waals surface area contributed by atoms with Crippen molar-refractivity contribution < 1.29 is 0 Å². The van der Waals surface area contributed by atoms with Crippen LogP contribution in [0.2, 0.25) is 0 Å². The molecule has 0 aromatic carbocycles. The lowest BCUT2D eigenvalue weighted by atomic mass is 10.0. The summed E-state index contributed by atoms with van der Waals surface area (Å²) in [5.41, 5.74) is 5.46. The predicted octanol–water partition coefficient (Wildman–Crippen LogP) is 2.91. The highest BCUT2D eigenvalue weighted by Crippen LogP contribution is 2.14. The first-order valence-electron chi connectivity index (χ1n) is 4.08. The average molecular weight is 179 g/mol. The van der Waals surface area contributed by atoms with Crippen molar-refractivity contribution in [3.63, 3.8) is 0 Å². The Bertz CT molecular complexity index is 302. The van der Waals surface area contributed by atoms with E-state index in [1.807, 2.05) is 19.2 Å². The van der Waals surface area contributed by atoms with E-state index in [1.165, 1.54) is 0 Å². The normalized spacial score (nSPS) is 16.9. The molecular formula is C10H14NP. The molecule has 0 aromatic heterocycles. The minimum Gasteiger partial charge on any atom is -0.259 e. The maximum Gasteiger partial charge on any atom is 0.0535 e. The van der Waals surface area contributed by atoms with Crippen LogP contribution >= 0.6 is 9.24 Å². The van der Waals surface area contributed by atoms with Gasteiger partial charge in [0.2, 0.25) is 0 Å². The van der Waals surface area contributed by atoms with Crippen molar-refractivity contribution in [2.75, 3.05) is 0 Å². The van der Waals surface area contributed by atoms with Crippen LogP contribution in [0.4, 0.5) is 0 Å². The SMILES string of the molecule is CC1=C=CC(P)=CN=C1C(C)C. The van der Waals surface area contributed by atoms with Gasteiger partial charge in [0, 0.05) is 11.8 Å². The highest BCUT2D eigenvalue weighted by molar-refractivity contribution is 7.22. The molecule has 1 nitrogen and oxygen atoms in total. The van der Waals surface area contributed by atoms with Gasteiger partial charge >= 0.3 is 0 Å². The van der Waals surface area contributed by atoms with Crippen molar-refractivity contribution in [3.8, 4) is 0 Å². The standard InChI is InChI=1S/C10H14NP/c1-7(2)10-8(3)4-5-9(12)6-11-10/h5-7H,12H2,1-3H3. The van der Waals surface area contributed by atoms with E-state index in [1.54, 1.807) is 0 Å². The molecule has 0 aliphatic carbocycles. The van der Waals surface area contributed by atoms with Gasteiger partial charge in [-0.1, -0.05) is 13.8 Å². The second-order valence-corrected chi connectivity index (χ2v) is 3.88. The number of hydrogen-bond donors (Lipinski definition) is 0. The molecular weight excluding hydrogens is 165 g/mol. The summed E-state index contributed by atoms with van der Waals surface area (Å²) in [6.45, 7) is 6.34. The van der Waals surface area contributed by atoms with Crippen molar-refractivity contribution in [2.24, 2.45) is 10.9 Å². The Morgan fingerprint density at radius 3 is 2.75 bits per heavy atom. The van der Waals surface area contributed by atoms with Gasteiger partial charge in [0.25, 0.3) is 0 Å². The molecule has 0 saturated heterocycles. The zero-order chi connectivity index (χ0) is 9.14. The monoisotopic (exact) mass is 179 g/mol. The second-order valence-electron chi connectivity index (χ2n) is 3.21. The quantitative estimate of drug-likeness (QED) is 0.433. The number of aliphatic imine (C=N–C) groups is 1. The summed E-state index contributed by atoms with van der Waals surface area (Å²) in [6.07, 6.45) is 3.81. The van der Waals surface area contributed by atoms with E-state index < -0.39 is 0 Å². The summed E-state index contributed by atoms with van der Waals surface area (Å²) in [7, 11) is 2.63. The summed E-state index contributed by atoms with van der Waals surface area (Å²) in [5, 5.41) is 1.07. The fourth-order valence-electron chi connectivity index (χ4n) is 1.13. The largest absolute Gasteiger partial charge is 0.259 e. The molecule has 1 heterocycles. The van der Waals surface area contributed by atoms with Crippen LogP contribution in [-0.4, -0.2) is 5.71 Å². The Morgan fingerprint density at radius 1 is 1.50 bits per heavy atom. The Kier molecular flexibility index (Phi) is 3.03. The molecule has 0 fully saturated rings. The summed E-state index contributed by atoms with van der Waals surface area (Å²) in [5.74, 6) is 0.470. The molecule has 12 heavy (non-hydrogen) atoms. The molecule has 1 atom stereocenters. The lowest BCUT2D eigenvalue weighted by Gasteiger charge is -2.06. The van der Waals surface area contributed by atoms with E-state index in [4.69, 9.17) is 0 Å². The smallest absolute Gasteiger partial charge is 0.0535 e. The van der Waals surface area contributed by atoms with Gasteiger partial charge in [-0.2, -0.15) is 0 Å². The Hall–Kier alpha value is -0.640. The third-order valence-electron chi connectivity index (χ3n) is 1.74.